The fourth-order valence-electron chi connectivity index (χ4n) is 6.40. The van der Waals surface area contributed by atoms with Gasteiger partial charge in [-0.15, -0.1) is 35.7 Å². The maximum atomic E-state index is 6.49. The predicted octanol–water partition coefficient (Wildman–Crippen LogP) is 9.53. The first-order chi connectivity index (χ1) is 21.3. The van der Waals surface area contributed by atoms with E-state index in [2.05, 4.69) is 119 Å². The fourth-order valence-corrected chi connectivity index (χ4v) is 6.40. The molecule has 0 atom stereocenters. The van der Waals surface area contributed by atoms with E-state index in [9.17, 15) is 0 Å². The summed E-state index contributed by atoms with van der Waals surface area (Å²) >= 11 is 0. The normalized spacial score (nSPS) is 11.2. The molecule has 0 spiro atoms. The maximum Gasteiger partial charge on any atom is 2.00 e. The molecule has 45 heavy (non-hydrogen) atoms. The van der Waals surface area contributed by atoms with Gasteiger partial charge in [-0.25, -0.2) is 4.98 Å². The topological polar surface area (TPSA) is 44.9 Å². The minimum atomic E-state index is 0. The smallest absolute Gasteiger partial charge is 0.509 e. The minimum absolute atomic E-state index is 0. The molecule has 0 saturated heterocycles. The first-order valence-corrected chi connectivity index (χ1v) is 15.1. The third-order valence-corrected chi connectivity index (χ3v) is 8.33. The van der Waals surface area contributed by atoms with Crippen LogP contribution in [-0.2, 0) is 26.8 Å². The second-order valence-corrected chi connectivity index (χ2v) is 11.6. The van der Waals surface area contributed by atoms with Crippen LogP contribution in [0.2, 0.25) is 0 Å². The van der Waals surface area contributed by atoms with Crippen molar-refractivity contribution >= 4 is 21.8 Å². The summed E-state index contributed by atoms with van der Waals surface area (Å²) in [6, 6.07) is 34.2. The standard InChI is InChI=1S/C39H34N4O.Pd/c1-7-34-39(38-26(4)11-10-12-27(38)5)28(6)41-43(34)29-19-25(3)20-31(22-29)44-30-15-16-33-32-13-8-9-14-35(32)42(36(33)23-30)37-21-24(2)17-18-40-37;/h8-21H,7H2,1-6H3;/q-2;+2. The number of benzene rings is 4. The molecule has 0 amide bonds. The maximum absolute atomic E-state index is 6.49. The van der Waals surface area contributed by atoms with Crippen molar-refractivity contribution in [3.8, 4) is 34.1 Å². The quantitative estimate of drug-likeness (QED) is 0.130. The van der Waals surface area contributed by atoms with E-state index >= 15 is 0 Å². The summed E-state index contributed by atoms with van der Waals surface area (Å²) < 4.78 is 10.7. The number of hydrogen-bond donors (Lipinski definition) is 0. The third kappa shape index (κ3) is 5.39. The molecule has 0 fully saturated rings. The number of fused-ring (bicyclic) bond motifs is 3. The zero-order valence-corrected chi connectivity index (χ0v) is 27.9. The van der Waals surface area contributed by atoms with Crippen molar-refractivity contribution in [3.05, 3.63) is 131 Å². The third-order valence-electron chi connectivity index (χ3n) is 8.33. The van der Waals surface area contributed by atoms with Crippen LogP contribution >= 0.6 is 0 Å². The number of aryl methyl sites for hydroxylation is 5. The van der Waals surface area contributed by atoms with E-state index in [1.807, 2.05) is 29.1 Å². The minimum Gasteiger partial charge on any atom is -0.509 e. The molecule has 0 unspecified atom stereocenters. The Balaban J connectivity index is 0.00000357. The molecule has 0 aliphatic heterocycles. The molecule has 0 aliphatic rings. The average Bonchev–Trinajstić information content (AvgIpc) is 3.51. The van der Waals surface area contributed by atoms with Crippen LogP contribution in [0.3, 0.4) is 0 Å². The SMILES string of the molecule is CCc1c(-c2c(C)cccc2C)c(C)nn1-c1[c-]c(Oc2[c-]c3c(cc2)c2ccccc2n3-c2cc(C)ccn2)cc(C)c1.[Pd+2]. The van der Waals surface area contributed by atoms with Gasteiger partial charge in [0, 0.05) is 34.5 Å². The molecule has 3 heterocycles. The van der Waals surface area contributed by atoms with Gasteiger partial charge in [0.2, 0.25) is 0 Å². The molecule has 7 aromatic rings. The van der Waals surface area contributed by atoms with Crippen LogP contribution in [-0.4, -0.2) is 19.3 Å². The Morgan fingerprint density at radius 2 is 1.51 bits per heavy atom. The molecule has 7 rings (SSSR count). The fraction of sp³-hybridized carbons (Fsp3) is 0.179. The van der Waals surface area contributed by atoms with E-state index in [0.29, 0.717) is 11.5 Å². The zero-order valence-electron chi connectivity index (χ0n) is 26.3. The molecule has 6 heteroatoms. The van der Waals surface area contributed by atoms with Gasteiger partial charge in [0.1, 0.15) is 5.82 Å². The summed E-state index contributed by atoms with van der Waals surface area (Å²) in [5.41, 5.74) is 12.2. The van der Waals surface area contributed by atoms with Gasteiger partial charge in [-0.3, -0.25) is 4.68 Å². The van der Waals surface area contributed by atoms with Crippen molar-refractivity contribution in [1.82, 2.24) is 19.3 Å². The van der Waals surface area contributed by atoms with E-state index < -0.39 is 0 Å². The molecule has 3 aromatic heterocycles. The summed E-state index contributed by atoms with van der Waals surface area (Å²) in [4.78, 5) is 4.70. The summed E-state index contributed by atoms with van der Waals surface area (Å²) in [6.07, 6.45) is 2.69. The van der Waals surface area contributed by atoms with Crippen LogP contribution in [0.15, 0.2) is 85.1 Å². The monoisotopic (exact) mass is 680 g/mol. The molecule has 5 nitrogen and oxygen atoms in total. The van der Waals surface area contributed by atoms with Gasteiger partial charge in [-0.1, -0.05) is 55.8 Å². The summed E-state index contributed by atoms with van der Waals surface area (Å²) in [6.45, 7) is 12.8. The number of nitrogens with zero attached hydrogens (tertiary/aromatic N) is 4. The number of aromatic nitrogens is 4. The Kier molecular flexibility index (Phi) is 8.22. The average molecular weight is 681 g/mol. The molecular weight excluding hydrogens is 647 g/mol. The second-order valence-electron chi connectivity index (χ2n) is 11.6. The van der Waals surface area contributed by atoms with Gasteiger partial charge < -0.3 is 9.30 Å². The van der Waals surface area contributed by atoms with Gasteiger partial charge >= 0.3 is 20.4 Å². The molecule has 0 radical (unpaired) electrons. The van der Waals surface area contributed by atoms with E-state index in [1.54, 1.807) is 0 Å². The summed E-state index contributed by atoms with van der Waals surface area (Å²) in [5.74, 6) is 2.09. The van der Waals surface area contributed by atoms with Crippen LogP contribution in [0.5, 0.6) is 11.5 Å². The Morgan fingerprint density at radius 3 is 2.27 bits per heavy atom. The van der Waals surface area contributed by atoms with Crippen LogP contribution in [0.4, 0.5) is 0 Å². The molecule has 226 valence electrons. The second kappa shape index (κ2) is 12.1. The van der Waals surface area contributed by atoms with Crippen LogP contribution < -0.4 is 4.74 Å². The van der Waals surface area contributed by atoms with Gasteiger partial charge in [-0.2, -0.15) is 16.7 Å². The first-order valence-electron chi connectivity index (χ1n) is 15.1. The Bertz CT molecular complexity index is 2190. The van der Waals surface area contributed by atoms with Gasteiger partial charge in [0.25, 0.3) is 0 Å². The van der Waals surface area contributed by atoms with Crippen molar-refractivity contribution < 1.29 is 25.2 Å². The van der Waals surface area contributed by atoms with E-state index in [1.165, 1.54) is 22.3 Å². The molecule has 0 bridgehead atoms. The molecule has 4 aromatic carbocycles. The van der Waals surface area contributed by atoms with Crippen LogP contribution in [0, 0.1) is 46.8 Å². The molecule has 0 N–H and O–H groups in total. The van der Waals surface area contributed by atoms with Gasteiger partial charge in [0.15, 0.2) is 0 Å². The number of hydrogen-bond acceptors (Lipinski definition) is 3. The summed E-state index contributed by atoms with van der Waals surface area (Å²) in [7, 11) is 0. The van der Waals surface area contributed by atoms with Gasteiger partial charge in [-0.05, 0) is 85.6 Å². The predicted molar refractivity (Wildman–Crippen MR) is 178 cm³/mol. The van der Waals surface area contributed by atoms with Crippen LogP contribution in [0.25, 0.3) is 44.4 Å². The zero-order chi connectivity index (χ0) is 30.5. The van der Waals surface area contributed by atoms with Crippen molar-refractivity contribution in [2.24, 2.45) is 0 Å². The Hall–Kier alpha value is -4.50. The van der Waals surface area contributed by atoms with Crippen molar-refractivity contribution in [3.63, 3.8) is 0 Å². The first kappa shape index (κ1) is 30.5. The number of ether oxygens (including phenoxy) is 1. The van der Waals surface area contributed by atoms with E-state index in [4.69, 9.17) is 14.8 Å². The van der Waals surface area contributed by atoms with E-state index in [0.717, 1.165) is 62.2 Å². The molecule has 0 aliphatic carbocycles. The Morgan fingerprint density at radius 1 is 0.733 bits per heavy atom. The van der Waals surface area contributed by atoms with Crippen molar-refractivity contribution in [2.75, 3.05) is 0 Å². The van der Waals surface area contributed by atoms with Crippen molar-refractivity contribution in [2.45, 2.75) is 48.0 Å². The van der Waals surface area contributed by atoms with Gasteiger partial charge in [0.05, 0.1) is 5.69 Å². The number of para-hydroxylation sites is 1. The number of rotatable bonds is 6. The number of pyridine rings is 1. The Labute approximate surface area is 278 Å². The van der Waals surface area contributed by atoms with Crippen molar-refractivity contribution in [1.29, 1.82) is 0 Å². The molecule has 0 saturated carbocycles. The molecular formula is C39H34N4OPd. The largest absolute Gasteiger partial charge is 2.00 e. The summed E-state index contributed by atoms with van der Waals surface area (Å²) in [5, 5.41) is 7.28. The van der Waals surface area contributed by atoms with Crippen LogP contribution in [0.1, 0.15) is 40.6 Å². The van der Waals surface area contributed by atoms with E-state index in [-0.39, 0.29) is 20.4 Å².